The normalized spacial score (nSPS) is 9.69. The Bertz CT molecular complexity index is 178. The zero-order valence-electron chi connectivity index (χ0n) is 8.38. The van der Waals surface area contributed by atoms with Crippen LogP contribution >= 0.6 is 0 Å². The van der Waals surface area contributed by atoms with Crippen LogP contribution in [-0.2, 0) is 9.59 Å². The van der Waals surface area contributed by atoms with E-state index in [-0.39, 0.29) is 11.8 Å². The van der Waals surface area contributed by atoms with E-state index in [4.69, 9.17) is 5.73 Å². The summed E-state index contributed by atoms with van der Waals surface area (Å²) in [6, 6.07) is 0. The predicted octanol–water partition coefficient (Wildman–Crippen LogP) is 0.510. The van der Waals surface area contributed by atoms with Gasteiger partial charge in [0, 0.05) is 26.9 Å². The lowest BCUT2D eigenvalue weighted by Crippen LogP contribution is -2.21. The predicted molar refractivity (Wildman–Crippen MR) is 51.0 cm³/mol. The molecule has 0 radical (unpaired) electrons. The van der Waals surface area contributed by atoms with Crippen LogP contribution in [0.5, 0.6) is 0 Å². The zero-order chi connectivity index (χ0) is 10.3. The minimum absolute atomic E-state index is 0.138. The van der Waals surface area contributed by atoms with E-state index < -0.39 is 0 Å². The van der Waals surface area contributed by atoms with Crippen molar-refractivity contribution in [3.05, 3.63) is 0 Å². The molecule has 0 unspecified atom stereocenters. The molecule has 0 aliphatic heterocycles. The fourth-order valence-corrected chi connectivity index (χ4v) is 0.976. The van der Waals surface area contributed by atoms with Crippen molar-refractivity contribution >= 4 is 11.8 Å². The van der Waals surface area contributed by atoms with Gasteiger partial charge in [-0.1, -0.05) is 6.42 Å². The van der Waals surface area contributed by atoms with Crippen molar-refractivity contribution in [2.45, 2.75) is 32.1 Å². The Balaban J connectivity index is 3.26. The molecule has 0 fully saturated rings. The summed E-state index contributed by atoms with van der Waals surface area (Å²) in [7, 11) is 3.48. The molecule has 4 nitrogen and oxygen atoms in total. The summed E-state index contributed by atoms with van der Waals surface area (Å²) in [6.45, 7) is 0. The average Bonchev–Trinajstić information content (AvgIpc) is 2.02. The molecule has 13 heavy (non-hydrogen) atoms. The minimum Gasteiger partial charge on any atom is -0.370 e. The first-order valence-electron chi connectivity index (χ1n) is 4.52. The number of unbranched alkanes of at least 4 members (excludes halogenated alkanes) is 2. The summed E-state index contributed by atoms with van der Waals surface area (Å²) in [4.78, 5) is 23.0. The Morgan fingerprint density at radius 2 is 1.62 bits per heavy atom. The van der Waals surface area contributed by atoms with Gasteiger partial charge >= 0.3 is 0 Å². The maximum absolute atomic E-state index is 11.1. The second-order valence-corrected chi connectivity index (χ2v) is 3.32. The van der Waals surface area contributed by atoms with Crippen molar-refractivity contribution in [2.24, 2.45) is 5.73 Å². The lowest BCUT2D eigenvalue weighted by Gasteiger charge is -2.09. The molecule has 0 saturated carbocycles. The Morgan fingerprint density at radius 1 is 1.08 bits per heavy atom. The first-order valence-corrected chi connectivity index (χ1v) is 4.52. The maximum Gasteiger partial charge on any atom is 0.222 e. The van der Waals surface area contributed by atoms with Gasteiger partial charge in [0.25, 0.3) is 0 Å². The first-order chi connectivity index (χ1) is 6.04. The van der Waals surface area contributed by atoms with Crippen molar-refractivity contribution in [2.75, 3.05) is 14.1 Å². The lowest BCUT2D eigenvalue weighted by molar-refractivity contribution is -0.128. The SMILES string of the molecule is CN(C)C(=O)CCCCCC(N)=O. The highest BCUT2D eigenvalue weighted by molar-refractivity contribution is 5.75. The van der Waals surface area contributed by atoms with Gasteiger partial charge < -0.3 is 10.6 Å². The summed E-state index contributed by atoms with van der Waals surface area (Å²) >= 11 is 0. The number of rotatable bonds is 6. The van der Waals surface area contributed by atoms with Crippen LogP contribution in [0.2, 0.25) is 0 Å². The van der Waals surface area contributed by atoms with Crippen LogP contribution in [0.4, 0.5) is 0 Å². The second-order valence-electron chi connectivity index (χ2n) is 3.32. The Morgan fingerprint density at radius 3 is 2.08 bits per heavy atom. The number of carbonyl (C=O) groups excluding carboxylic acids is 2. The number of primary amides is 1. The molecule has 0 aliphatic rings. The molecule has 0 aliphatic carbocycles. The van der Waals surface area contributed by atoms with Gasteiger partial charge in [-0.15, -0.1) is 0 Å². The van der Waals surface area contributed by atoms with Gasteiger partial charge in [-0.2, -0.15) is 0 Å². The Labute approximate surface area is 79.1 Å². The molecule has 2 amide bonds. The smallest absolute Gasteiger partial charge is 0.222 e. The first kappa shape index (κ1) is 11.9. The minimum atomic E-state index is -0.265. The number of hydrogen-bond donors (Lipinski definition) is 1. The third-order valence-electron chi connectivity index (χ3n) is 1.81. The number of hydrogen-bond acceptors (Lipinski definition) is 2. The van der Waals surface area contributed by atoms with E-state index in [1.165, 1.54) is 0 Å². The molecule has 0 atom stereocenters. The van der Waals surface area contributed by atoms with E-state index in [2.05, 4.69) is 0 Å². The number of nitrogens with two attached hydrogens (primary N) is 1. The van der Waals surface area contributed by atoms with E-state index >= 15 is 0 Å². The Hall–Kier alpha value is -1.06. The molecule has 0 bridgehead atoms. The fourth-order valence-electron chi connectivity index (χ4n) is 0.976. The van der Waals surface area contributed by atoms with Crippen LogP contribution in [0.3, 0.4) is 0 Å². The summed E-state index contributed by atoms with van der Waals surface area (Å²) in [5.74, 6) is -0.127. The fraction of sp³-hybridized carbons (Fsp3) is 0.778. The van der Waals surface area contributed by atoms with Gasteiger partial charge in [0.2, 0.25) is 11.8 Å². The highest BCUT2D eigenvalue weighted by Gasteiger charge is 2.02. The molecule has 0 heterocycles. The Kier molecular flexibility index (Phi) is 5.93. The van der Waals surface area contributed by atoms with Crippen molar-refractivity contribution in [3.63, 3.8) is 0 Å². The molecule has 2 N–H and O–H groups in total. The van der Waals surface area contributed by atoms with E-state index in [0.29, 0.717) is 12.8 Å². The third kappa shape index (κ3) is 7.31. The largest absolute Gasteiger partial charge is 0.370 e. The summed E-state index contributed by atoms with van der Waals surface area (Å²) in [5.41, 5.74) is 4.97. The molecule has 76 valence electrons. The quantitative estimate of drug-likeness (QED) is 0.614. The highest BCUT2D eigenvalue weighted by Crippen LogP contribution is 2.03. The number of nitrogens with zero attached hydrogens (tertiary/aromatic N) is 1. The third-order valence-corrected chi connectivity index (χ3v) is 1.81. The van der Waals surface area contributed by atoms with Crippen LogP contribution in [0.1, 0.15) is 32.1 Å². The molecule has 0 aromatic rings. The average molecular weight is 186 g/mol. The standard InChI is InChI=1S/C9H18N2O2/c1-11(2)9(13)7-5-3-4-6-8(10)12/h3-7H2,1-2H3,(H2,10,12). The van der Waals surface area contributed by atoms with E-state index in [1.54, 1.807) is 19.0 Å². The van der Waals surface area contributed by atoms with Gasteiger partial charge in [-0.3, -0.25) is 9.59 Å². The lowest BCUT2D eigenvalue weighted by atomic mass is 10.1. The zero-order valence-corrected chi connectivity index (χ0v) is 8.38. The van der Waals surface area contributed by atoms with Gasteiger partial charge in [0.1, 0.15) is 0 Å². The van der Waals surface area contributed by atoms with Gasteiger partial charge in [0.05, 0.1) is 0 Å². The van der Waals surface area contributed by atoms with Crippen LogP contribution in [-0.4, -0.2) is 30.8 Å². The van der Waals surface area contributed by atoms with Gasteiger partial charge in [-0.25, -0.2) is 0 Å². The molecule has 0 rings (SSSR count). The topological polar surface area (TPSA) is 63.4 Å². The molecule has 0 spiro atoms. The molecule has 0 saturated heterocycles. The summed E-state index contributed by atoms with van der Waals surface area (Å²) < 4.78 is 0. The van der Waals surface area contributed by atoms with Crippen LogP contribution < -0.4 is 5.73 Å². The van der Waals surface area contributed by atoms with Crippen molar-refractivity contribution < 1.29 is 9.59 Å². The van der Waals surface area contributed by atoms with E-state index in [9.17, 15) is 9.59 Å². The van der Waals surface area contributed by atoms with Gasteiger partial charge in [0.15, 0.2) is 0 Å². The van der Waals surface area contributed by atoms with Gasteiger partial charge in [-0.05, 0) is 12.8 Å². The van der Waals surface area contributed by atoms with Crippen molar-refractivity contribution in [3.8, 4) is 0 Å². The number of carbonyl (C=O) groups is 2. The van der Waals surface area contributed by atoms with E-state index in [1.807, 2.05) is 0 Å². The molecular weight excluding hydrogens is 168 g/mol. The van der Waals surface area contributed by atoms with Crippen molar-refractivity contribution in [1.29, 1.82) is 0 Å². The van der Waals surface area contributed by atoms with Crippen LogP contribution in [0.15, 0.2) is 0 Å². The molecular formula is C9H18N2O2. The van der Waals surface area contributed by atoms with Crippen molar-refractivity contribution in [1.82, 2.24) is 4.90 Å². The molecule has 0 aromatic heterocycles. The summed E-state index contributed by atoms with van der Waals surface area (Å²) in [5, 5.41) is 0. The molecule has 4 heteroatoms. The van der Waals surface area contributed by atoms with Crippen LogP contribution in [0.25, 0.3) is 0 Å². The maximum atomic E-state index is 11.1. The monoisotopic (exact) mass is 186 g/mol. The number of amides is 2. The van der Waals surface area contributed by atoms with Crippen LogP contribution in [0, 0.1) is 0 Å². The summed E-state index contributed by atoms with van der Waals surface area (Å²) in [6.07, 6.45) is 3.50. The molecule has 0 aromatic carbocycles. The highest BCUT2D eigenvalue weighted by atomic mass is 16.2. The van der Waals surface area contributed by atoms with E-state index in [0.717, 1.165) is 19.3 Å². The second kappa shape index (κ2) is 6.46.